The molecule has 0 saturated heterocycles. The maximum Gasteiger partial charge on any atom is 0.230 e. The first-order valence-electron chi connectivity index (χ1n) is 5.13. The molecule has 3 nitrogen and oxygen atoms in total. The van der Waals surface area contributed by atoms with Gasteiger partial charge in [-0.1, -0.05) is 12.1 Å². The highest BCUT2D eigenvalue weighted by atomic mass is 19.1. The van der Waals surface area contributed by atoms with Gasteiger partial charge in [0.2, 0.25) is 5.91 Å². The number of halogens is 1. The Kier molecular flexibility index (Phi) is 4.01. The van der Waals surface area contributed by atoms with Crippen molar-refractivity contribution < 1.29 is 14.3 Å². The van der Waals surface area contributed by atoms with Crippen LogP contribution in [0.15, 0.2) is 24.3 Å². The van der Waals surface area contributed by atoms with E-state index >= 15 is 0 Å². The normalized spacial score (nSPS) is 11.2. The van der Waals surface area contributed by atoms with E-state index in [1.54, 1.807) is 26.0 Å². The summed E-state index contributed by atoms with van der Waals surface area (Å²) in [7, 11) is 0. The fraction of sp³-hybridized carbons (Fsp3) is 0.417. The smallest absolute Gasteiger partial charge is 0.230 e. The third kappa shape index (κ3) is 2.79. The highest BCUT2D eigenvalue weighted by molar-refractivity contribution is 5.87. The van der Waals surface area contributed by atoms with Crippen molar-refractivity contribution in [1.29, 1.82) is 0 Å². The molecule has 0 saturated carbocycles. The van der Waals surface area contributed by atoms with Crippen molar-refractivity contribution in [2.75, 3.05) is 13.2 Å². The number of carbonyl (C=O) groups is 1. The van der Waals surface area contributed by atoms with E-state index in [1.807, 2.05) is 0 Å². The molecule has 4 heteroatoms. The molecule has 0 aromatic heterocycles. The fourth-order valence-corrected chi connectivity index (χ4v) is 1.40. The lowest BCUT2D eigenvalue weighted by Crippen LogP contribution is -2.41. The van der Waals surface area contributed by atoms with Gasteiger partial charge < -0.3 is 10.4 Å². The Labute approximate surface area is 94.3 Å². The Morgan fingerprint density at radius 2 is 2.19 bits per heavy atom. The second-order valence-corrected chi connectivity index (χ2v) is 4.11. The van der Waals surface area contributed by atoms with Gasteiger partial charge in [-0.3, -0.25) is 4.79 Å². The molecule has 0 bridgehead atoms. The van der Waals surface area contributed by atoms with E-state index in [0.29, 0.717) is 5.56 Å². The number of hydrogen-bond donors (Lipinski definition) is 2. The Morgan fingerprint density at radius 1 is 1.50 bits per heavy atom. The van der Waals surface area contributed by atoms with E-state index in [4.69, 9.17) is 5.11 Å². The zero-order valence-corrected chi connectivity index (χ0v) is 9.46. The summed E-state index contributed by atoms with van der Waals surface area (Å²) >= 11 is 0. The third-order valence-corrected chi connectivity index (χ3v) is 2.51. The van der Waals surface area contributed by atoms with E-state index in [2.05, 4.69) is 5.32 Å². The minimum atomic E-state index is -0.808. The average Bonchev–Trinajstić information content (AvgIpc) is 2.25. The molecule has 0 radical (unpaired) electrons. The summed E-state index contributed by atoms with van der Waals surface area (Å²) in [6.07, 6.45) is 0. The summed E-state index contributed by atoms with van der Waals surface area (Å²) in [5, 5.41) is 11.2. The number of carbonyl (C=O) groups excluding carboxylic acids is 1. The highest BCUT2D eigenvalue weighted by Gasteiger charge is 2.29. The van der Waals surface area contributed by atoms with Crippen LogP contribution in [0.5, 0.6) is 0 Å². The predicted octanol–water partition coefficient (Wildman–Crippen LogP) is 1.21. The van der Waals surface area contributed by atoms with Gasteiger partial charge in [-0.15, -0.1) is 0 Å². The van der Waals surface area contributed by atoms with Gasteiger partial charge in [0.1, 0.15) is 5.82 Å². The topological polar surface area (TPSA) is 49.3 Å². The van der Waals surface area contributed by atoms with Crippen LogP contribution in [0.2, 0.25) is 0 Å². The van der Waals surface area contributed by atoms with Crippen molar-refractivity contribution in [3.8, 4) is 0 Å². The fourth-order valence-electron chi connectivity index (χ4n) is 1.40. The highest BCUT2D eigenvalue weighted by Crippen LogP contribution is 2.23. The molecule has 1 rings (SSSR count). The number of amides is 1. The molecule has 2 N–H and O–H groups in total. The maximum atomic E-state index is 13.0. The largest absolute Gasteiger partial charge is 0.395 e. The summed E-state index contributed by atoms with van der Waals surface area (Å²) in [5.41, 5.74) is -0.194. The Bertz CT molecular complexity index is 377. The van der Waals surface area contributed by atoms with Gasteiger partial charge in [0, 0.05) is 6.54 Å². The predicted molar refractivity (Wildman–Crippen MR) is 59.5 cm³/mol. The lowest BCUT2D eigenvalue weighted by Gasteiger charge is -2.24. The molecule has 1 aromatic rings. The lowest BCUT2D eigenvalue weighted by atomic mass is 9.83. The molecular weight excluding hydrogens is 209 g/mol. The zero-order valence-electron chi connectivity index (χ0n) is 9.46. The summed E-state index contributed by atoms with van der Waals surface area (Å²) in [5.74, 6) is -0.590. The van der Waals surface area contributed by atoms with Gasteiger partial charge in [-0.25, -0.2) is 4.39 Å². The molecule has 0 heterocycles. The van der Waals surface area contributed by atoms with Crippen LogP contribution in [0.1, 0.15) is 19.4 Å². The summed E-state index contributed by atoms with van der Waals surface area (Å²) in [4.78, 5) is 11.8. The summed E-state index contributed by atoms with van der Waals surface area (Å²) < 4.78 is 13.0. The SMILES string of the molecule is CC(C)(C(=O)NCCO)c1cccc(F)c1. The molecule has 0 aliphatic rings. The van der Waals surface area contributed by atoms with Crippen molar-refractivity contribution in [1.82, 2.24) is 5.32 Å². The van der Waals surface area contributed by atoms with Gasteiger partial charge in [0.05, 0.1) is 12.0 Å². The lowest BCUT2D eigenvalue weighted by molar-refractivity contribution is -0.125. The molecule has 0 unspecified atom stereocenters. The molecule has 16 heavy (non-hydrogen) atoms. The van der Waals surface area contributed by atoms with Gasteiger partial charge in [0.15, 0.2) is 0 Å². The third-order valence-electron chi connectivity index (χ3n) is 2.51. The monoisotopic (exact) mass is 225 g/mol. The van der Waals surface area contributed by atoms with E-state index in [9.17, 15) is 9.18 Å². The van der Waals surface area contributed by atoms with Crippen molar-refractivity contribution in [3.05, 3.63) is 35.6 Å². The quantitative estimate of drug-likeness (QED) is 0.809. The molecule has 0 aliphatic heterocycles. The second kappa shape index (κ2) is 5.07. The second-order valence-electron chi connectivity index (χ2n) is 4.11. The van der Waals surface area contributed by atoms with Crippen molar-refractivity contribution in [2.24, 2.45) is 0 Å². The number of hydrogen-bond acceptors (Lipinski definition) is 2. The minimum absolute atomic E-state index is 0.106. The molecule has 0 aliphatic carbocycles. The maximum absolute atomic E-state index is 13.0. The Balaban J connectivity index is 2.88. The summed E-state index contributed by atoms with van der Waals surface area (Å²) in [6, 6.07) is 5.97. The van der Waals surface area contributed by atoms with Crippen molar-refractivity contribution in [2.45, 2.75) is 19.3 Å². The van der Waals surface area contributed by atoms with Crippen molar-refractivity contribution in [3.63, 3.8) is 0 Å². The number of nitrogens with one attached hydrogen (secondary N) is 1. The van der Waals surface area contributed by atoms with Crippen LogP contribution in [0.3, 0.4) is 0 Å². The Hall–Kier alpha value is -1.42. The number of aliphatic hydroxyl groups is 1. The van der Waals surface area contributed by atoms with Crippen LogP contribution in [0.25, 0.3) is 0 Å². The van der Waals surface area contributed by atoms with Gasteiger partial charge >= 0.3 is 0 Å². The van der Waals surface area contributed by atoms with E-state index < -0.39 is 5.41 Å². The molecule has 88 valence electrons. The standard InChI is InChI=1S/C12H16FNO2/c1-12(2,11(16)14-6-7-15)9-4-3-5-10(13)8-9/h3-5,8,15H,6-7H2,1-2H3,(H,14,16). The average molecular weight is 225 g/mol. The van der Waals surface area contributed by atoms with E-state index in [0.717, 1.165) is 0 Å². The van der Waals surface area contributed by atoms with Crippen LogP contribution in [0, 0.1) is 5.82 Å². The van der Waals surface area contributed by atoms with E-state index in [1.165, 1.54) is 12.1 Å². The first-order chi connectivity index (χ1) is 7.48. The van der Waals surface area contributed by atoms with Gasteiger partial charge in [0.25, 0.3) is 0 Å². The summed E-state index contributed by atoms with van der Waals surface area (Å²) in [6.45, 7) is 3.53. The number of aliphatic hydroxyl groups excluding tert-OH is 1. The van der Waals surface area contributed by atoms with Crippen LogP contribution in [-0.2, 0) is 10.2 Å². The van der Waals surface area contributed by atoms with Crippen LogP contribution >= 0.6 is 0 Å². The number of rotatable bonds is 4. The van der Waals surface area contributed by atoms with Gasteiger partial charge in [-0.05, 0) is 31.5 Å². The van der Waals surface area contributed by atoms with Crippen LogP contribution < -0.4 is 5.32 Å². The van der Waals surface area contributed by atoms with Crippen LogP contribution in [0.4, 0.5) is 4.39 Å². The molecule has 1 aromatic carbocycles. The molecular formula is C12H16FNO2. The molecule has 0 atom stereocenters. The molecule has 1 amide bonds. The molecule has 0 spiro atoms. The first kappa shape index (κ1) is 12.6. The van der Waals surface area contributed by atoms with E-state index in [-0.39, 0.29) is 24.9 Å². The first-order valence-corrected chi connectivity index (χ1v) is 5.13. The minimum Gasteiger partial charge on any atom is -0.395 e. The molecule has 0 fully saturated rings. The van der Waals surface area contributed by atoms with Crippen LogP contribution in [-0.4, -0.2) is 24.2 Å². The number of benzene rings is 1. The van der Waals surface area contributed by atoms with Gasteiger partial charge in [-0.2, -0.15) is 0 Å². The van der Waals surface area contributed by atoms with Crippen molar-refractivity contribution >= 4 is 5.91 Å². The Morgan fingerprint density at radius 3 is 2.75 bits per heavy atom. The zero-order chi connectivity index (χ0) is 12.2.